The van der Waals surface area contributed by atoms with Gasteiger partial charge in [-0.25, -0.2) is 4.79 Å². The molecule has 2 aliphatic rings. The maximum atomic E-state index is 12.8. The molecule has 3 heterocycles. The highest BCUT2D eigenvalue weighted by atomic mass is 16.6. The van der Waals surface area contributed by atoms with Crippen molar-refractivity contribution in [2.24, 2.45) is 0 Å². The van der Waals surface area contributed by atoms with Gasteiger partial charge in [-0.05, 0) is 47.9 Å². The zero-order chi connectivity index (χ0) is 31.0. The van der Waals surface area contributed by atoms with Crippen molar-refractivity contribution >= 4 is 0 Å². The summed E-state index contributed by atoms with van der Waals surface area (Å²) < 4.78 is 31.8. The van der Waals surface area contributed by atoms with E-state index < -0.39 is 34.3 Å². The zero-order valence-electron chi connectivity index (χ0n) is 24.9. The third-order valence-electron chi connectivity index (χ3n) is 8.87. The smallest absolute Gasteiger partial charge is 0.330 e. The van der Waals surface area contributed by atoms with Crippen molar-refractivity contribution in [2.45, 2.75) is 42.8 Å². The van der Waals surface area contributed by atoms with Crippen LogP contribution in [0.4, 0.5) is 0 Å². The molecule has 6 rings (SSSR count). The van der Waals surface area contributed by atoms with E-state index in [2.05, 4.69) is 4.98 Å². The van der Waals surface area contributed by atoms with Crippen LogP contribution < -0.4 is 20.7 Å². The van der Waals surface area contributed by atoms with Crippen LogP contribution in [0.3, 0.4) is 0 Å². The summed E-state index contributed by atoms with van der Waals surface area (Å²) in [7, 11) is 3.23. The van der Waals surface area contributed by atoms with Gasteiger partial charge in [0, 0.05) is 31.2 Å². The molecule has 2 fully saturated rings. The third-order valence-corrected chi connectivity index (χ3v) is 8.87. The highest BCUT2D eigenvalue weighted by Gasteiger charge is 2.62. The first-order valence-electron chi connectivity index (χ1n) is 14.5. The van der Waals surface area contributed by atoms with Gasteiger partial charge < -0.3 is 28.8 Å². The lowest BCUT2D eigenvalue weighted by Gasteiger charge is -2.46. The molecule has 44 heavy (non-hydrogen) atoms. The van der Waals surface area contributed by atoms with Gasteiger partial charge in [0.05, 0.1) is 27.4 Å². The Bertz CT molecular complexity index is 1670. The van der Waals surface area contributed by atoms with E-state index in [1.807, 2.05) is 78.9 Å². The molecule has 0 saturated carbocycles. The molecular formula is C34H36N2O8. The quantitative estimate of drug-likeness (QED) is 0.279. The van der Waals surface area contributed by atoms with Crippen molar-refractivity contribution in [1.82, 2.24) is 9.55 Å². The van der Waals surface area contributed by atoms with E-state index in [0.29, 0.717) is 23.7 Å². The molecule has 0 amide bonds. The second-order valence-corrected chi connectivity index (χ2v) is 11.4. The van der Waals surface area contributed by atoms with Crippen molar-refractivity contribution in [1.29, 1.82) is 0 Å². The van der Waals surface area contributed by atoms with E-state index in [0.717, 1.165) is 16.7 Å². The summed E-state index contributed by atoms with van der Waals surface area (Å²) >= 11 is 0. The number of aliphatic hydroxyl groups is 1. The fraction of sp³-hybridized carbons (Fsp3) is 0.353. The number of hydrogen-bond acceptors (Lipinski definition) is 8. The summed E-state index contributed by atoms with van der Waals surface area (Å²) in [5, 5.41) is 12.1. The predicted octanol–water partition coefficient (Wildman–Crippen LogP) is 3.68. The molecule has 10 heteroatoms. The van der Waals surface area contributed by atoms with Gasteiger partial charge >= 0.3 is 5.69 Å². The summed E-state index contributed by atoms with van der Waals surface area (Å²) in [4.78, 5) is 27.2. The van der Waals surface area contributed by atoms with Crippen LogP contribution in [0, 0.1) is 6.92 Å². The number of methoxy groups -OCH3 is 2. The number of ether oxygens (including phenoxy) is 5. The number of aromatic amines is 1. The van der Waals surface area contributed by atoms with Gasteiger partial charge in [0.1, 0.15) is 34.5 Å². The Kier molecular flexibility index (Phi) is 7.93. The maximum absolute atomic E-state index is 12.8. The Hall–Kier alpha value is -4.22. The molecule has 4 aromatic rings. The molecular weight excluding hydrogens is 564 g/mol. The number of rotatable bonds is 9. The van der Waals surface area contributed by atoms with Crippen LogP contribution in [0.2, 0.25) is 0 Å². The molecule has 1 aromatic heterocycles. The van der Waals surface area contributed by atoms with Crippen molar-refractivity contribution in [2.75, 3.05) is 34.0 Å². The second-order valence-electron chi connectivity index (χ2n) is 11.4. The predicted molar refractivity (Wildman–Crippen MR) is 162 cm³/mol. The molecule has 230 valence electrons. The number of nitrogens with one attached hydrogen (secondary N) is 1. The monoisotopic (exact) mass is 600 g/mol. The van der Waals surface area contributed by atoms with Gasteiger partial charge in [-0.15, -0.1) is 0 Å². The number of aromatic nitrogens is 2. The first-order chi connectivity index (χ1) is 21.2. The molecule has 0 unspecified atom stereocenters. The lowest BCUT2D eigenvalue weighted by atomic mass is 9.77. The topological polar surface area (TPSA) is 121 Å². The number of aryl methyl sites for hydroxylation is 1. The molecule has 2 N–H and O–H groups in total. The molecule has 3 atom stereocenters. The van der Waals surface area contributed by atoms with Crippen LogP contribution in [-0.4, -0.2) is 59.9 Å². The highest BCUT2D eigenvalue weighted by molar-refractivity contribution is 5.49. The average Bonchev–Trinajstić information content (AvgIpc) is 3.37. The van der Waals surface area contributed by atoms with Crippen molar-refractivity contribution in [3.05, 3.63) is 128 Å². The Labute approximate surface area is 254 Å². The Balaban J connectivity index is 1.47. The van der Waals surface area contributed by atoms with Gasteiger partial charge in [-0.1, -0.05) is 54.6 Å². The lowest BCUT2D eigenvalue weighted by molar-refractivity contribution is -0.237. The second kappa shape index (κ2) is 11.7. The molecule has 2 saturated heterocycles. The SMILES string of the molecule is COc1ccc(C(OC[C@]23COCC[C@@]2(O)C[C@H](n2cc(C)c(=O)[nH]c2=O)O3)(c2ccccc2)c2ccc(OC)cc2)cc1. The molecule has 2 aliphatic heterocycles. The summed E-state index contributed by atoms with van der Waals surface area (Å²) in [6.07, 6.45) is 1.02. The van der Waals surface area contributed by atoms with Gasteiger partial charge in [0.25, 0.3) is 5.56 Å². The van der Waals surface area contributed by atoms with E-state index in [1.54, 1.807) is 21.1 Å². The first-order valence-corrected chi connectivity index (χ1v) is 14.5. The minimum Gasteiger partial charge on any atom is -0.497 e. The minimum absolute atomic E-state index is 0.0488. The van der Waals surface area contributed by atoms with Crippen LogP contribution in [0.5, 0.6) is 11.5 Å². The summed E-state index contributed by atoms with van der Waals surface area (Å²) in [6.45, 7) is 1.91. The number of nitrogens with zero attached hydrogens (tertiary/aromatic N) is 1. The number of benzene rings is 3. The molecule has 0 spiro atoms. The number of H-pyrrole nitrogens is 1. The van der Waals surface area contributed by atoms with Crippen LogP contribution in [0.15, 0.2) is 94.6 Å². The lowest BCUT2D eigenvalue weighted by Crippen LogP contribution is -2.61. The van der Waals surface area contributed by atoms with E-state index in [9.17, 15) is 14.7 Å². The molecule has 3 aromatic carbocycles. The summed E-state index contributed by atoms with van der Waals surface area (Å²) in [5.74, 6) is 1.39. The average molecular weight is 601 g/mol. The van der Waals surface area contributed by atoms with E-state index in [-0.39, 0.29) is 26.1 Å². The van der Waals surface area contributed by atoms with Crippen molar-refractivity contribution in [3.63, 3.8) is 0 Å². The molecule has 0 bridgehead atoms. The molecule has 0 radical (unpaired) electrons. The van der Waals surface area contributed by atoms with E-state index in [1.165, 1.54) is 10.8 Å². The van der Waals surface area contributed by atoms with Gasteiger partial charge in [0.2, 0.25) is 0 Å². The Morgan fingerprint density at radius 1 is 0.932 bits per heavy atom. The zero-order valence-corrected chi connectivity index (χ0v) is 24.9. The Morgan fingerprint density at radius 2 is 1.52 bits per heavy atom. The number of fused-ring (bicyclic) bond motifs is 1. The van der Waals surface area contributed by atoms with E-state index in [4.69, 9.17) is 23.7 Å². The molecule has 10 nitrogen and oxygen atoms in total. The van der Waals surface area contributed by atoms with Crippen molar-refractivity contribution < 1.29 is 28.8 Å². The fourth-order valence-corrected chi connectivity index (χ4v) is 6.33. The van der Waals surface area contributed by atoms with Gasteiger partial charge in [-0.3, -0.25) is 14.3 Å². The van der Waals surface area contributed by atoms with Gasteiger partial charge in [0.15, 0.2) is 0 Å². The maximum Gasteiger partial charge on any atom is 0.330 e. The largest absolute Gasteiger partial charge is 0.497 e. The highest BCUT2D eigenvalue weighted by Crippen LogP contribution is 2.50. The van der Waals surface area contributed by atoms with Crippen LogP contribution in [0.25, 0.3) is 0 Å². The standard InChI is InChI=1S/C34H36N2O8/c1-23-20-36(31(38)35-30(23)37)29-19-32(39)17-18-42-21-33(32,44-29)22-43-34(24-7-5-4-6-8-24,25-9-13-27(40-2)14-10-25)26-11-15-28(41-3)16-12-26/h4-16,20,29,39H,17-19,21-22H2,1-3H3,(H,35,37,38)/t29-,32-,33-/m1/s1. The normalized spacial score (nSPS) is 23.2. The first kappa shape index (κ1) is 29.8. The fourth-order valence-electron chi connectivity index (χ4n) is 6.33. The van der Waals surface area contributed by atoms with Crippen molar-refractivity contribution in [3.8, 4) is 11.5 Å². The summed E-state index contributed by atoms with van der Waals surface area (Å²) in [5.41, 5.74) is -2.05. The molecule has 0 aliphatic carbocycles. The van der Waals surface area contributed by atoms with E-state index >= 15 is 0 Å². The Morgan fingerprint density at radius 3 is 2.11 bits per heavy atom. The number of hydrogen-bond donors (Lipinski definition) is 2. The minimum atomic E-state index is -1.37. The van der Waals surface area contributed by atoms with Gasteiger partial charge in [-0.2, -0.15) is 0 Å². The van der Waals surface area contributed by atoms with Crippen LogP contribution >= 0.6 is 0 Å². The third kappa shape index (κ3) is 5.03. The van der Waals surface area contributed by atoms with Crippen LogP contribution in [-0.2, 0) is 19.8 Å². The van der Waals surface area contributed by atoms with Crippen LogP contribution in [0.1, 0.15) is 41.3 Å². The summed E-state index contributed by atoms with van der Waals surface area (Å²) in [6, 6.07) is 25.2.